The van der Waals surface area contributed by atoms with E-state index in [0.29, 0.717) is 0 Å². The van der Waals surface area contributed by atoms with E-state index in [9.17, 15) is 0 Å². The Balaban J connectivity index is 1.67. The van der Waals surface area contributed by atoms with Gasteiger partial charge >= 0.3 is 0 Å². The van der Waals surface area contributed by atoms with E-state index < -0.39 is 0 Å². The standard InChI is InChI=1S/C28H22O/c1-17-8-6-13-25-26(17)21-16-18(14-15-24(21)29-25)19-10-7-12-23-27(19)20-9-4-5-11-22(20)28(23,2)3/h4-16H,1-3H3. The summed E-state index contributed by atoms with van der Waals surface area (Å²) < 4.78 is 6.11. The first kappa shape index (κ1) is 16.6. The summed E-state index contributed by atoms with van der Waals surface area (Å²) in [5, 5.41) is 2.41. The van der Waals surface area contributed by atoms with Crippen molar-refractivity contribution in [2.24, 2.45) is 0 Å². The van der Waals surface area contributed by atoms with Crippen LogP contribution in [0.4, 0.5) is 0 Å². The van der Waals surface area contributed by atoms with Crippen LogP contribution < -0.4 is 0 Å². The van der Waals surface area contributed by atoms with Gasteiger partial charge in [0, 0.05) is 16.2 Å². The second kappa shape index (κ2) is 5.61. The topological polar surface area (TPSA) is 13.1 Å². The summed E-state index contributed by atoms with van der Waals surface area (Å²) in [7, 11) is 0. The van der Waals surface area contributed by atoms with Gasteiger partial charge in [-0.25, -0.2) is 0 Å². The zero-order valence-corrected chi connectivity index (χ0v) is 16.9. The second-order valence-corrected chi connectivity index (χ2v) is 8.66. The van der Waals surface area contributed by atoms with Crippen LogP contribution in [0.1, 0.15) is 30.5 Å². The van der Waals surface area contributed by atoms with Crippen LogP contribution in [0.3, 0.4) is 0 Å². The summed E-state index contributed by atoms with van der Waals surface area (Å²) in [6.07, 6.45) is 0. The monoisotopic (exact) mass is 374 g/mol. The van der Waals surface area contributed by atoms with E-state index in [1.165, 1.54) is 49.7 Å². The van der Waals surface area contributed by atoms with E-state index >= 15 is 0 Å². The molecule has 140 valence electrons. The van der Waals surface area contributed by atoms with Crippen LogP contribution in [0.5, 0.6) is 0 Å². The lowest BCUT2D eigenvalue weighted by atomic mass is 9.82. The van der Waals surface area contributed by atoms with Gasteiger partial charge < -0.3 is 4.42 Å². The first-order chi connectivity index (χ1) is 14.1. The molecule has 0 amide bonds. The molecule has 0 aliphatic heterocycles. The normalized spacial score (nSPS) is 14.3. The van der Waals surface area contributed by atoms with Crippen LogP contribution in [0.2, 0.25) is 0 Å². The van der Waals surface area contributed by atoms with Gasteiger partial charge in [-0.15, -0.1) is 0 Å². The first-order valence-corrected chi connectivity index (χ1v) is 10.2. The number of benzene rings is 4. The van der Waals surface area contributed by atoms with Crippen molar-refractivity contribution in [3.63, 3.8) is 0 Å². The van der Waals surface area contributed by atoms with Gasteiger partial charge in [0.1, 0.15) is 11.2 Å². The summed E-state index contributed by atoms with van der Waals surface area (Å²) in [6.45, 7) is 6.82. The molecule has 1 heteroatoms. The van der Waals surface area contributed by atoms with Gasteiger partial charge in [-0.3, -0.25) is 0 Å². The molecule has 1 aromatic heterocycles. The Morgan fingerprint density at radius 1 is 0.690 bits per heavy atom. The molecule has 1 aliphatic carbocycles. The molecule has 0 bridgehead atoms. The molecule has 0 spiro atoms. The predicted molar refractivity (Wildman–Crippen MR) is 121 cm³/mol. The van der Waals surface area contributed by atoms with E-state index in [1.807, 2.05) is 0 Å². The predicted octanol–water partition coefficient (Wildman–Crippen LogP) is 7.87. The van der Waals surface area contributed by atoms with Crippen molar-refractivity contribution in [2.75, 3.05) is 0 Å². The molecule has 1 heterocycles. The number of hydrogen-bond donors (Lipinski definition) is 0. The molecule has 5 aromatic rings. The lowest BCUT2D eigenvalue weighted by Gasteiger charge is -2.21. The highest BCUT2D eigenvalue weighted by molar-refractivity contribution is 6.08. The van der Waals surface area contributed by atoms with Crippen molar-refractivity contribution in [1.29, 1.82) is 0 Å². The molecule has 0 saturated carbocycles. The number of fused-ring (bicyclic) bond motifs is 6. The Kier molecular flexibility index (Phi) is 3.21. The van der Waals surface area contributed by atoms with E-state index in [0.717, 1.165) is 11.2 Å². The SMILES string of the molecule is Cc1cccc2oc3ccc(-c4cccc5c4-c4ccccc4C5(C)C)cc3c12. The average molecular weight is 374 g/mol. The molecule has 0 radical (unpaired) electrons. The van der Waals surface area contributed by atoms with Crippen LogP contribution in [-0.2, 0) is 5.41 Å². The van der Waals surface area contributed by atoms with Gasteiger partial charge in [0.2, 0.25) is 0 Å². The fourth-order valence-corrected chi connectivity index (χ4v) is 5.17. The maximum atomic E-state index is 6.11. The fourth-order valence-electron chi connectivity index (χ4n) is 5.17. The van der Waals surface area contributed by atoms with Crippen molar-refractivity contribution in [1.82, 2.24) is 0 Å². The quantitative estimate of drug-likeness (QED) is 0.291. The van der Waals surface area contributed by atoms with E-state index in [-0.39, 0.29) is 5.41 Å². The molecule has 0 N–H and O–H groups in total. The molecule has 0 unspecified atom stereocenters. The zero-order chi connectivity index (χ0) is 19.8. The maximum Gasteiger partial charge on any atom is 0.135 e. The van der Waals surface area contributed by atoms with E-state index in [4.69, 9.17) is 4.42 Å². The highest BCUT2D eigenvalue weighted by Crippen LogP contribution is 2.52. The molecule has 1 nitrogen and oxygen atoms in total. The highest BCUT2D eigenvalue weighted by Gasteiger charge is 2.36. The summed E-state index contributed by atoms with van der Waals surface area (Å²) in [6, 6.07) is 28.5. The van der Waals surface area contributed by atoms with Crippen molar-refractivity contribution in [3.8, 4) is 22.3 Å². The number of rotatable bonds is 1. The van der Waals surface area contributed by atoms with Crippen LogP contribution >= 0.6 is 0 Å². The summed E-state index contributed by atoms with van der Waals surface area (Å²) in [4.78, 5) is 0. The molecule has 4 aromatic carbocycles. The average Bonchev–Trinajstić information content (AvgIpc) is 3.22. The minimum atomic E-state index is 0.0188. The third-order valence-corrected chi connectivity index (χ3v) is 6.62. The second-order valence-electron chi connectivity index (χ2n) is 8.66. The third-order valence-electron chi connectivity index (χ3n) is 6.62. The minimum absolute atomic E-state index is 0.0188. The van der Waals surface area contributed by atoms with Crippen LogP contribution in [0.15, 0.2) is 83.3 Å². The van der Waals surface area contributed by atoms with Crippen LogP contribution in [0.25, 0.3) is 44.2 Å². The first-order valence-electron chi connectivity index (χ1n) is 10.2. The lowest BCUT2D eigenvalue weighted by molar-refractivity contribution is 0.660. The highest BCUT2D eigenvalue weighted by atomic mass is 16.3. The Morgan fingerprint density at radius 3 is 2.34 bits per heavy atom. The van der Waals surface area contributed by atoms with Gasteiger partial charge in [-0.05, 0) is 64.1 Å². The molecular formula is C28H22O. The third kappa shape index (κ3) is 2.16. The molecule has 29 heavy (non-hydrogen) atoms. The molecule has 6 rings (SSSR count). The molecule has 1 aliphatic rings. The fraction of sp³-hybridized carbons (Fsp3) is 0.143. The number of hydrogen-bond acceptors (Lipinski definition) is 1. The Labute approximate surface area is 170 Å². The van der Waals surface area contributed by atoms with Crippen LogP contribution in [0, 0.1) is 6.92 Å². The molecule has 0 saturated heterocycles. The van der Waals surface area contributed by atoms with Gasteiger partial charge in [-0.1, -0.05) is 74.5 Å². The van der Waals surface area contributed by atoms with Gasteiger partial charge in [0.05, 0.1) is 0 Å². The number of furan rings is 1. The largest absolute Gasteiger partial charge is 0.456 e. The summed E-state index contributed by atoms with van der Waals surface area (Å²) >= 11 is 0. The van der Waals surface area contributed by atoms with Crippen molar-refractivity contribution < 1.29 is 4.42 Å². The Morgan fingerprint density at radius 2 is 1.45 bits per heavy atom. The van der Waals surface area contributed by atoms with Crippen molar-refractivity contribution in [2.45, 2.75) is 26.2 Å². The lowest BCUT2D eigenvalue weighted by Crippen LogP contribution is -2.14. The summed E-state index contributed by atoms with van der Waals surface area (Å²) in [5.74, 6) is 0. The van der Waals surface area contributed by atoms with Gasteiger partial charge in [0.15, 0.2) is 0 Å². The smallest absolute Gasteiger partial charge is 0.135 e. The molecule has 0 fully saturated rings. The molecular weight excluding hydrogens is 352 g/mol. The zero-order valence-electron chi connectivity index (χ0n) is 16.9. The maximum absolute atomic E-state index is 6.11. The molecule has 0 atom stereocenters. The van der Waals surface area contributed by atoms with Crippen LogP contribution in [-0.4, -0.2) is 0 Å². The minimum Gasteiger partial charge on any atom is -0.456 e. The van der Waals surface area contributed by atoms with Crippen molar-refractivity contribution >= 4 is 21.9 Å². The Hall–Kier alpha value is -3.32. The van der Waals surface area contributed by atoms with E-state index in [2.05, 4.69) is 99.6 Å². The van der Waals surface area contributed by atoms with Crippen molar-refractivity contribution in [3.05, 3.63) is 95.6 Å². The van der Waals surface area contributed by atoms with Gasteiger partial charge in [0.25, 0.3) is 0 Å². The Bertz CT molecular complexity index is 1430. The number of aryl methyl sites for hydroxylation is 1. The summed E-state index contributed by atoms with van der Waals surface area (Å²) in [5.41, 5.74) is 11.3. The van der Waals surface area contributed by atoms with Gasteiger partial charge in [-0.2, -0.15) is 0 Å². The van der Waals surface area contributed by atoms with E-state index in [1.54, 1.807) is 0 Å².